The molecule has 1 fully saturated rings. The van der Waals surface area contributed by atoms with Crippen LogP contribution in [-0.4, -0.2) is 36.3 Å². The molecule has 2 aromatic rings. The van der Waals surface area contributed by atoms with Gasteiger partial charge in [0.05, 0.1) is 0 Å². The fourth-order valence-electron chi connectivity index (χ4n) is 6.06. The molecule has 3 aliphatic carbocycles. The zero-order valence-electron chi connectivity index (χ0n) is 18.5. The number of fused-ring (bicyclic) bond motifs is 1. The van der Waals surface area contributed by atoms with Crippen molar-refractivity contribution in [3.8, 4) is 0 Å². The van der Waals surface area contributed by atoms with Gasteiger partial charge < -0.3 is 10.2 Å². The minimum Gasteiger partial charge on any atom is -0.356 e. The molecule has 0 radical (unpaired) electrons. The summed E-state index contributed by atoms with van der Waals surface area (Å²) in [5.41, 5.74) is 5.82. The number of benzene rings is 2. The summed E-state index contributed by atoms with van der Waals surface area (Å²) in [5.74, 6) is 1.65. The van der Waals surface area contributed by atoms with E-state index in [4.69, 9.17) is 0 Å². The van der Waals surface area contributed by atoms with Crippen molar-refractivity contribution >= 4 is 11.8 Å². The van der Waals surface area contributed by atoms with Crippen LogP contribution in [0.2, 0.25) is 0 Å². The molecule has 0 spiro atoms. The van der Waals surface area contributed by atoms with E-state index < -0.39 is 0 Å². The number of nitrogens with zero attached hydrogens (tertiary/aromatic N) is 1. The fourth-order valence-corrected chi connectivity index (χ4v) is 6.06. The molecule has 4 heteroatoms. The van der Waals surface area contributed by atoms with Gasteiger partial charge in [-0.05, 0) is 47.4 Å². The first-order chi connectivity index (χ1) is 15.0. The van der Waals surface area contributed by atoms with Crippen LogP contribution in [-0.2, 0) is 9.59 Å². The summed E-state index contributed by atoms with van der Waals surface area (Å²) in [6, 6.07) is 17.7. The molecule has 1 atom stereocenters. The highest BCUT2D eigenvalue weighted by atomic mass is 16.2. The van der Waals surface area contributed by atoms with Crippen molar-refractivity contribution in [2.75, 3.05) is 19.6 Å². The highest BCUT2D eigenvalue weighted by Gasteiger charge is 2.43. The van der Waals surface area contributed by atoms with E-state index in [1.165, 1.54) is 22.3 Å². The number of likely N-dealkylation sites (tertiary alicyclic amines) is 1. The van der Waals surface area contributed by atoms with Crippen LogP contribution in [0.15, 0.2) is 48.5 Å². The zero-order chi connectivity index (χ0) is 21.5. The van der Waals surface area contributed by atoms with Crippen LogP contribution in [0.4, 0.5) is 0 Å². The summed E-state index contributed by atoms with van der Waals surface area (Å²) in [6.45, 7) is 6.01. The Hall–Kier alpha value is -2.62. The maximum Gasteiger partial charge on any atom is 0.225 e. The molecule has 2 bridgehead atoms. The number of carbonyl (C=O) groups excluding carboxylic acids is 2. The summed E-state index contributed by atoms with van der Waals surface area (Å²) in [5, 5.41) is 3.29. The van der Waals surface area contributed by atoms with Gasteiger partial charge in [0.15, 0.2) is 0 Å². The van der Waals surface area contributed by atoms with E-state index in [0.717, 1.165) is 25.8 Å². The lowest BCUT2D eigenvalue weighted by Crippen LogP contribution is -2.46. The first kappa shape index (κ1) is 20.3. The average molecular weight is 417 g/mol. The summed E-state index contributed by atoms with van der Waals surface area (Å²) in [6.07, 6.45) is 2.64. The van der Waals surface area contributed by atoms with Crippen molar-refractivity contribution < 1.29 is 9.59 Å². The lowest BCUT2D eigenvalue weighted by atomic mass is 9.59. The molecule has 2 aromatic carbocycles. The normalized spacial score (nSPS) is 24.6. The number of carbonyl (C=O) groups is 2. The third-order valence-corrected chi connectivity index (χ3v) is 7.63. The smallest absolute Gasteiger partial charge is 0.225 e. The van der Waals surface area contributed by atoms with Crippen LogP contribution in [0.3, 0.4) is 0 Å². The SMILES string of the molecule is CC(C)C(=O)N1CCC(C(=O)NC[C@@H]2CC3c4ccccc4C2c2ccccc23)CC1. The van der Waals surface area contributed by atoms with Gasteiger partial charge >= 0.3 is 0 Å². The van der Waals surface area contributed by atoms with Gasteiger partial charge in [0.1, 0.15) is 0 Å². The van der Waals surface area contributed by atoms with E-state index in [0.29, 0.717) is 30.8 Å². The second-order valence-corrected chi connectivity index (χ2v) is 9.78. The first-order valence-corrected chi connectivity index (χ1v) is 11.8. The second-order valence-electron chi connectivity index (χ2n) is 9.78. The topological polar surface area (TPSA) is 49.4 Å². The summed E-state index contributed by atoms with van der Waals surface area (Å²) >= 11 is 0. The van der Waals surface area contributed by atoms with Crippen LogP contribution in [0.1, 0.15) is 67.2 Å². The Morgan fingerprint density at radius 3 is 2.03 bits per heavy atom. The summed E-state index contributed by atoms with van der Waals surface area (Å²) in [7, 11) is 0. The predicted molar refractivity (Wildman–Crippen MR) is 122 cm³/mol. The van der Waals surface area contributed by atoms with Crippen LogP contribution in [0.25, 0.3) is 0 Å². The molecule has 1 aliphatic heterocycles. The molecular weight excluding hydrogens is 384 g/mol. The van der Waals surface area contributed by atoms with Crippen molar-refractivity contribution in [1.82, 2.24) is 10.2 Å². The van der Waals surface area contributed by atoms with E-state index in [9.17, 15) is 9.59 Å². The molecule has 162 valence electrons. The van der Waals surface area contributed by atoms with Gasteiger partial charge in [-0.1, -0.05) is 62.4 Å². The predicted octanol–water partition coefficient (Wildman–Crippen LogP) is 4.29. The van der Waals surface area contributed by atoms with Gasteiger partial charge in [-0.15, -0.1) is 0 Å². The maximum atomic E-state index is 12.9. The highest BCUT2D eigenvalue weighted by molar-refractivity contribution is 5.80. The number of rotatable bonds is 4. The van der Waals surface area contributed by atoms with Crippen LogP contribution < -0.4 is 5.32 Å². The highest BCUT2D eigenvalue weighted by Crippen LogP contribution is 2.55. The van der Waals surface area contributed by atoms with Crippen molar-refractivity contribution in [3.63, 3.8) is 0 Å². The molecular formula is C27H32N2O2. The zero-order valence-corrected chi connectivity index (χ0v) is 18.5. The van der Waals surface area contributed by atoms with Crippen molar-refractivity contribution in [2.45, 2.75) is 44.9 Å². The fraction of sp³-hybridized carbons (Fsp3) is 0.481. The van der Waals surface area contributed by atoms with E-state index in [1.807, 2.05) is 18.7 Å². The minimum atomic E-state index is 0.0246. The molecule has 4 aliphatic rings. The standard InChI is InChI=1S/C27H32N2O2/c1-17(2)27(31)29-13-11-18(12-14-29)26(30)28-16-19-15-24-20-7-3-5-9-22(20)25(19)23-10-6-4-8-21(23)24/h3-10,17-19,24-25H,11-16H2,1-2H3,(H,28,30)/t19-,24?,25?/m0/s1. The molecule has 1 heterocycles. The molecule has 6 rings (SSSR count). The Kier molecular flexibility index (Phi) is 5.33. The summed E-state index contributed by atoms with van der Waals surface area (Å²) < 4.78 is 0. The number of hydrogen-bond acceptors (Lipinski definition) is 2. The van der Waals surface area contributed by atoms with Crippen LogP contribution >= 0.6 is 0 Å². The second kappa shape index (κ2) is 8.14. The maximum absolute atomic E-state index is 12.9. The Morgan fingerprint density at radius 1 is 0.935 bits per heavy atom. The number of amides is 2. The number of hydrogen-bond donors (Lipinski definition) is 1. The van der Waals surface area contributed by atoms with Gasteiger partial charge in [0.2, 0.25) is 11.8 Å². The van der Waals surface area contributed by atoms with Crippen molar-refractivity contribution in [1.29, 1.82) is 0 Å². The largest absolute Gasteiger partial charge is 0.356 e. The van der Waals surface area contributed by atoms with Crippen molar-refractivity contribution in [2.24, 2.45) is 17.8 Å². The lowest BCUT2D eigenvalue weighted by Gasteiger charge is -2.45. The minimum absolute atomic E-state index is 0.0246. The van der Waals surface area contributed by atoms with Crippen LogP contribution in [0, 0.1) is 17.8 Å². The Labute approximate surface area is 185 Å². The quantitative estimate of drug-likeness (QED) is 0.808. The van der Waals surface area contributed by atoms with Gasteiger partial charge in [-0.2, -0.15) is 0 Å². The van der Waals surface area contributed by atoms with Gasteiger partial charge in [0.25, 0.3) is 0 Å². The Morgan fingerprint density at radius 2 is 1.48 bits per heavy atom. The van der Waals surface area contributed by atoms with Gasteiger partial charge in [-0.25, -0.2) is 0 Å². The molecule has 0 unspecified atom stereocenters. The van der Waals surface area contributed by atoms with E-state index in [2.05, 4.69) is 53.8 Å². The molecule has 31 heavy (non-hydrogen) atoms. The Bertz CT molecular complexity index is 943. The van der Waals surface area contributed by atoms with E-state index in [1.54, 1.807) is 0 Å². The van der Waals surface area contributed by atoms with E-state index in [-0.39, 0.29) is 23.7 Å². The monoisotopic (exact) mass is 416 g/mol. The molecule has 4 nitrogen and oxygen atoms in total. The third kappa shape index (κ3) is 3.56. The van der Waals surface area contributed by atoms with Crippen LogP contribution in [0.5, 0.6) is 0 Å². The average Bonchev–Trinajstić information content (AvgIpc) is 2.82. The molecule has 2 amide bonds. The third-order valence-electron chi connectivity index (χ3n) is 7.63. The van der Waals surface area contributed by atoms with Crippen molar-refractivity contribution in [3.05, 3.63) is 70.8 Å². The molecule has 1 N–H and O–H groups in total. The molecule has 1 saturated heterocycles. The lowest BCUT2D eigenvalue weighted by molar-refractivity contribution is -0.138. The van der Waals surface area contributed by atoms with E-state index >= 15 is 0 Å². The van der Waals surface area contributed by atoms with Gasteiger partial charge in [-0.3, -0.25) is 9.59 Å². The number of nitrogens with one attached hydrogen (secondary N) is 1. The number of piperidine rings is 1. The Balaban J connectivity index is 1.25. The molecule has 0 aromatic heterocycles. The van der Waals surface area contributed by atoms with Gasteiger partial charge in [0, 0.05) is 43.3 Å². The molecule has 0 saturated carbocycles. The first-order valence-electron chi connectivity index (χ1n) is 11.8. The summed E-state index contributed by atoms with van der Waals surface area (Å²) in [4.78, 5) is 27.1.